The highest BCUT2D eigenvalue weighted by Crippen LogP contribution is 2.27. The van der Waals surface area contributed by atoms with Gasteiger partial charge in [-0.15, -0.1) is 0 Å². The molecule has 0 aromatic heterocycles. The molecule has 1 saturated carbocycles. The Morgan fingerprint density at radius 2 is 1.75 bits per heavy atom. The molecule has 0 radical (unpaired) electrons. The van der Waals surface area contributed by atoms with Gasteiger partial charge >= 0.3 is 5.97 Å². The van der Waals surface area contributed by atoms with Crippen molar-refractivity contribution in [3.63, 3.8) is 0 Å². The number of benzene rings is 1. The zero-order chi connectivity index (χ0) is 17.5. The number of hydrogen-bond acceptors (Lipinski definition) is 4. The molecule has 4 heteroatoms. The SMILES string of the molecule is CCOC(=O)C1CCC(NC(C)c2ccc(OC(C)C)cc2)CC1. The molecule has 24 heavy (non-hydrogen) atoms. The van der Waals surface area contributed by atoms with E-state index in [0.717, 1.165) is 31.4 Å². The van der Waals surface area contributed by atoms with Gasteiger partial charge < -0.3 is 14.8 Å². The molecule has 0 amide bonds. The number of rotatable bonds is 7. The summed E-state index contributed by atoms with van der Waals surface area (Å²) in [6.07, 6.45) is 4.10. The van der Waals surface area contributed by atoms with Crippen LogP contribution in [0, 0.1) is 5.92 Å². The fourth-order valence-corrected chi connectivity index (χ4v) is 3.31. The molecule has 2 rings (SSSR count). The van der Waals surface area contributed by atoms with Gasteiger partial charge in [-0.2, -0.15) is 0 Å². The number of carbonyl (C=O) groups excluding carboxylic acids is 1. The van der Waals surface area contributed by atoms with Crippen LogP contribution >= 0.6 is 0 Å². The van der Waals surface area contributed by atoms with Gasteiger partial charge in [0.2, 0.25) is 0 Å². The summed E-state index contributed by atoms with van der Waals surface area (Å²) >= 11 is 0. The van der Waals surface area contributed by atoms with Crippen molar-refractivity contribution in [3.8, 4) is 5.75 Å². The first-order valence-electron chi connectivity index (χ1n) is 9.18. The summed E-state index contributed by atoms with van der Waals surface area (Å²) in [6, 6.07) is 9.08. The van der Waals surface area contributed by atoms with Crippen LogP contribution in [0.1, 0.15) is 65.0 Å². The molecular weight excluding hydrogens is 302 g/mol. The molecule has 1 N–H and O–H groups in total. The third kappa shape index (κ3) is 5.52. The molecule has 4 nitrogen and oxygen atoms in total. The second kappa shape index (κ2) is 9.07. The van der Waals surface area contributed by atoms with Gasteiger partial charge in [0.25, 0.3) is 0 Å². The summed E-state index contributed by atoms with van der Waals surface area (Å²) in [7, 11) is 0. The number of esters is 1. The van der Waals surface area contributed by atoms with Crippen molar-refractivity contribution in [1.82, 2.24) is 5.32 Å². The summed E-state index contributed by atoms with van der Waals surface area (Å²) in [4.78, 5) is 11.8. The molecule has 0 saturated heterocycles. The first-order chi connectivity index (χ1) is 11.5. The smallest absolute Gasteiger partial charge is 0.308 e. The van der Waals surface area contributed by atoms with Crippen LogP contribution in [0.5, 0.6) is 5.75 Å². The monoisotopic (exact) mass is 333 g/mol. The third-order valence-electron chi connectivity index (χ3n) is 4.58. The largest absolute Gasteiger partial charge is 0.491 e. The maximum atomic E-state index is 11.8. The fourth-order valence-electron chi connectivity index (χ4n) is 3.31. The van der Waals surface area contributed by atoms with E-state index in [9.17, 15) is 4.79 Å². The highest BCUT2D eigenvalue weighted by Gasteiger charge is 2.27. The van der Waals surface area contributed by atoms with E-state index in [4.69, 9.17) is 9.47 Å². The van der Waals surface area contributed by atoms with E-state index in [1.54, 1.807) is 0 Å². The minimum atomic E-state index is -0.0234. The second-order valence-corrected chi connectivity index (χ2v) is 6.92. The van der Waals surface area contributed by atoms with Gasteiger partial charge in [0.15, 0.2) is 0 Å². The van der Waals surface area contributed by atoms with Crippen LogP contribution in [0.3, 0.4) is 0 Å². The zero-order valence-electron chi connectivity index (χ0n) is 15.4. The van der Waals surface area contributed by atoms with E-state index in [2.05, 4.69) is 24.4 Å². The normalized spacial score (nSPS) is 22.2. The lowest BCUT2D eigenvalue weighted by Gasteiger charge is -2.30. The quantitative estimate of drug-likeness (QED) is 0.758. The predicted molar refractivity (Wildman–Crippen MR) is 96.1 cm³/mol. The van der Waals surface area contributed by atoms with Crippen molar-refractivity contribution in [2.75, 3.05) is 6.61 Å². The van der Waals surface area contributed by atoms with Gasteiger partial charge in [-0.05, 0) is 71.1 Å². The van der Waals surface area contributed by atoms with Crippen molar-refractivity contribution in [3.05, 3.63) is 29.8 Å². The van der Waals surface area contributed by atoms with Crippen LogP contribution in [-0.4, -0.2) is 24.7 Å². The lowest BCUT2D eigenvalue weighted by Crippen LogP contribution is -2.36. The first kappa shape index (κ1) is 18.8. The van der Waals surface area contributed by atoms with E-state index >= 15 is 0 Å². The van der Waals surface area contributed by atoms with Gasteiger partial charge in [-0.25, -0.2) is 0 Å². The van der Waals surface area contributed by atoms with Crippen LogP contribution < -0.4 is 10.1 Å². The summed E-state index contributed by atoms with van der Waals surface area (Å²) in [5.74, 6) is 0.978. The molecule has 0 spiro atoms. The first-order valence-corrected chi connectivity index (χ1v) is 9.18. The molecule has 0 heterocycles. The average molecular weight is 333 g/mol. The zero-order valence-corrected chi connectivity index (χ0v) is 15.4. The maximum absolute atomic E-state index is 11.8. The van der Waals surface area contributed by atoms with E-state index in [-0.39, 0.29) is 18.0 Å². The van der Waals surface area contributed by atoms with Crippen LogP contribution in [0.25, 0.3) is 0 Å². The molecular formula is C20H31NO3. The Labute approximate surface area is 145 Å². The van der Waals surface area contributed by atoms with Crippen LogP contribution in [0.2, 0.25) is 0 Å². The Bertz CT molecular complexity index is 504. The lowest BCUT2D eigenvalue weighted by atomic mass is 9.85. The Hall–Kier alpha value is -1.55. The van der Waals surface area contributed by atoms with E-state index in [1.807, 2.05) is 32.9 Å². The number of nitrogens with one attached hydrogen (secondary N) is 1. The number of hydrogen-bond donors (Lipinski definition) is 1. The second-order valence-electron chi connectivity index (χ2n) is 6.92. The summed E-state index contributed by atoms with van der Waals surface area (Å²) < 4.78 is 10.8. The van der Waals surface area contributed by atoms with Crippen LogP contribution in [0.4, 0.5) is 0 Å². The molecule has 0 aliphatic heterocycles. The van der Waals surface area contributed by atoms with Gasteiger partial charge in [0, 0.05) is 12.1 Å². The Balaban J connectivity index is 1.80. The molecule has 1 aromatic carbocycles. The van der Waals surface area contributed by atoms with Crippen molar-refractivity contribution in [1.29, 1.82) is 0 Å². The molecule has 1 atom stereocenters. The number of carbonyl (C=O) groups is 1. The van der Waals surface area contributed by atoms with Crippen molar-refractivity contribution >= 4 is 5.97 Å². The summed E-state index contributed by atoms with van der Waals surface area (Å²) in [6.45, 7) is 8.60. The van der Waals surface area contributed by atoms with E-state index in [1.165, 1.54) is 5.56 Å². The maximum Gasteiger partial charge on any atom is 0.308 e. The lowest BCUT2D eigenvalue weighted by molar-refractivity contribution is -0.149. The number of ether oxygens (including phenoxy) is 2. The van der Waals surface area contributed by atoms with Crippen LogP contribution in [-0.2, 0) is 9.53 Å². The molecule has 1 unspecified atom stereocenters. The highest BCUT2D eigenvalue weighted by atomic mass is 16.5. The minimum Gasteiger partial charge on any atom is -0.491 e. The Morgan fingerprint density at radius 1 is 1.12 bits per heavy atom. The highest BCUT2D eigenvalue weighted by molar-refractivity contribution is 5.72. The van der Waals surface area contributed by atoms with Crippen LogP contribution in [0.15, 0.2) is 24.3 Å². The third-order valence-corrected chi connectivity index (χ3v) is 4.58. The molecule has 1 aromatic rings. The van der Waals surface area contributed by atoms with Gasteiger partial charge in [0.1, 0.15) is 5.75 Å². The van der Waals surface area contributed by atoms with Gasteiger partial charge in [-0.1, -0.05) is 12.1 Å². The molecule has 1 aliphatic rings. The molecule has 0 bridgehead atoms. The Morgan fingerprint density at radius 3 is 2.29 bits per heavy atom. The summed E-state index contributed by atoms with van der Waals surface area (Å²) in [5, 5.41) is 3.69. The van der Waals surface area contributed by atoms with Crippen molar-refractivity contribution in [2.45, 2.75) is 71.6 Å². The fraction of sp³-hybridized carbons (Fsp3) is 0.650. The van der Waals surface area contributed by atoms with Crippen molar-refractivity contribution < 1.29 is 14.3 Å². The topological polar surface area (TPSA) is 47.6 Å². The average Bonchev–Trinajstić information content (AvgIpc) is 2.56. The molecule has 1 fully saturated rings. The molecule has 1 aliphatic carbocycles. The summed E-state index contributed by atoms with van der Waals surface area (Å²) in [5.41, 5.74) is 1.26. The van der Waals surface area contributed by atoms with Gasteiger partial charge in [0.05, 0.1) is 18.6 Å². The minimum absolute atomic E-state index is 0.0234. The van der Waals surface area contributed by atoms with E-state index < -0.39 is 0 Å². The van der Waals surface area contributed by atoms with Crippen molar-refractivity contribution in [2.24, 2.45) is 5.92 Å². The predicted octanol–water partition coefficient (Wildman–Crippen LogP) is 4.25. The Kier molecular flexibility index (Phi) is 7.10. The van der Waals surface area contributed by atoms with E-state index in [0.29, 0.717) is 18.7 Å². The van der Waals surface area contributed by atoms with Gasteiger partial charge in [-0.3, -0.25) is 4.79 Å². The molecule has 134 valence electrons. The standard InChI is InChI=1S/C20H31NO3/c1-5-23-20(22)17-6-10-18(11-7-17)21-15(4)16-8-12-19(13-9-16)24-14(2)3/h8-9,12-15,17-18,21H,5-7,10-11H2,1-4H3.